The summed E-state index contributed by atoms with van der Waals surface area (Å²) in [4.78, 5) is 0. The van der Waals surface area contributed by atoms with Crippen LogP contribution in [-0.4, -0.2) is 5.11 Å². The van der Waals surface area contributed by atoms with Crippen LogP contribution in [0.15, 0.2) is 24.3 Å². The van der Waals surface area contributed by atoms with Crippen LogP contribution >= 0.6 is 0 Å². The van der Waals surface area contributed by atoms with Gasteiger partial charge in [-0.1, -0.05) is 64.2 Å². The molecule has 0 heterocycles. The van der Waals surface area contributed by atoms with E-state index in [0.717, 1.165) is 12.0 Å². The van der Waals surface area contributed by atoms with E-state index in [1.165, 1.54) is 51.4 Å². The Morgan fingerprint density at radius 3 is 2.50 bits per heavy atom. The van der Waals surface area contributed by atoms with E-state index in [2.05, 4.69) is 19.9 Å². The standard InChI is InChI=1S/C19H30O/c1-3-4-12-19(13-8-5-9-14-19)16(2)15-17-10-6-7-11-18(17)20/h6-7,10-11,16,20H,3-5,8-9,12-15H2,1-2H3. The second-order valence-corrected chi connectivity index (χ2v) is 6.76. The largest absolute Gasteiger partial charge is 0.508 e. The van der Waals surface area contributed by atoms with Gasteiger partial charge in [0.05, 0.1) is 0 Å². The monoisotopic (exact) mass is 274 g/mol. The van der Waals surface area contributed by atoms with Crippen molar-refractivity contribution < 1.29 is 5.11 Å². The summed E-state index contributed by atoms with van der Waals surface area (Å²) in [6.45, 7) is 4.71. The summed E-state index contributed by atoms with van der Waals surface area (Å²) < 4.78 is 0. The molecule has 1 nitrogen and oxygen atoms in total. The minimum Gasteiger partial charge on any atom is -0.508 e. The molecule has 1 aliphatic carbocycles. The average molecular weight is 274 g/mol. The van der Waals surface area contributed by atoms with Crippen molar-refractivity contribution in [2.75, 3.05) is 0 Å². The molecule has 0 aliphatic heterocycles. The van der Waals surface area contributed by atoms with Crippen LogP contribution < -0.4 is 0 Å². The lowest BCUT2D eigenvalue weighted by atomic mass is 9.62. The van der Waals surface area contributed by atoms with Gasteiger partial charge in [-0.15, -0.1) is 0 Å². The molecule has 1 atom stereocenters. The van der Waals surface area contributed by atoms with Gasteiger partial charge in [-0.25, -0.2) is 0 Å². The van der Waals surface area contributed by atoms with Gasteiger partial charge in [0.25, 0.3) is 0 Å². The number of aromatic hydroxyl groups is 1. The Morgan fingerprint density at radius 2 is 1.85 bits per heavy atom. The summed E-state index contributed by atoms with van der Waals surface area (Å²) in [5, 5.41) is 10.0. The van der Waals surface area contributed by atoms with E-state index < -0.39 is 0 Å². The minimum atomic E-state index is 0.473. The van der Waals surface area contributed by atoms with E-state index in [1.54, 1.807) is 0 Å². The van der Waals surface area contributed by atoms with Crippen LogP contribution in [0.3, 0.4) is 0 Å². The quantitative estimate of drug-likeness (QED) is 0.704. The summed E-state index contributed by atoms with van der Waals surface area (Å²) in [6.07, 6.45) is 12.0. The van der Waals surface area contributed by atoms with Crippen LogP contribution in [0.25, 0.3) is 0 Å². The van der Waals surface area contributed by atoms with Gasteiger partial charge in [-0.05, 0) is 48.6 Å². The number of phenolic OH excluding ortho intramolecular Hbond substituents is 1. The van der Waals surface area contributed by atoms with Crippen LogP contribution in [0.1, 0.15) is 70.8 Å². The van der Waals surface area contributed by atoms with E-state index in [9.17, 15) is 5.11 Å². The van der Waals surface area contributed by atoms with Gasteiger partial charge < -0.3 is 5.11 Å². The summed E-state index contributed by atoms with van der Waals surface area (Å²) >= 11 is 0. The maximum atomic E-state index is 10.0. The van der Waals surface area contributed by atoms with Crippen molar-refractivity contribution in [3.63, 3.8) is 0 Å². The maximum absolute atomic E-state index is 10.0. The van der Waals surface area contributed by atoms with E-state index in [0.29, 0.717) is 17.1 Å². The van der Waals surface area contributed by atoms with Crippen LogP contribution in [0.4, 0.5) is 0 Å². The van der Waals surface area contributed by atoms with Gasteiger partial charge in [0, 0.05) is 0 Å². The second-order valence-electron chi connectivity index (χ2n) is 6.76. The fourth-order valence-corrected chi connectivity index (χ4v) is 4.00. The number of para-hydroxylation sites is 1. The number of rotatable bonds is 6. The molecule has 1 heteroatoms. The first-order valence-electron chi connectivity index (χ1n) is 8.45. The topological polar surface area (TPSA) is 20.2 Å². The third-order valence-corrected chi connectivity index (χ3v) is 5.44. The van der Waals surface area contributed by atoms with E-state index in [1.807, 2.05) is 18.2 Å². The molecule has 0 aromatic heterocycles. The average Bonchev–Trinajstić information content (AvgIpc) is 2.48. The van der Waals surface area contributed by atoms with Crippen molar-refractivity contribution in [1.29, 1.82) is 0 Å². The molecule has 1 fully saturated rings. The van der Waals surface area contributed by atoms with Gasteiger partial charge in [0.2, 0.25) is 0 Å². The Hall–Kier alpha value is -0.980. The first-order valence-corrected chi connectivity index (χ1v) is 8.45. The molecule has 0 amide bonds. The first kappa shape index (κ1) is 15.4. The lowest BCUT2D eigenvalue weighted by molar-refractivity contribution is 0.0906. The van der Waals surface area contributed by atoms with E-state index in [-0.39, 0.29) is 0 Å². The number of hydrogen-bond acceptors (Lipinski definition) is 1. The molecule has 1 saturated carbocycles. The molecule has 1 unspecified atom stereocenters. The number of hydrogen-bond donors (Lipinski definition) is 1. The van der Waals surface area contributed by atoms with Gasteiger partial charge in [0.1, 0.15) is 5.75 Å². The zero-order valence-electron chi connectivity index (χ0n) is 13.2. The summed E-state index contributed by atoms with van der Waals surface area (Å²) in [6, 6.07) is 7.86. The van der Waals surface area contributed by atoms with Crippen LogP contribution in [0, 0.1) is 11.3 Å². The van der Waals surface area contributed by atoms with Crippen molar-refractivity contribution in [1.82, 2.24) is 0 Å². The zero-order chi connectivity index (χ0) is 14.4. The first-order chi connectivity index (χ1) is 9.68. The molecular weight excluding hydrogens is 244 g/mol. The molecule has 1 aromatic rings. The fourth-order valence-electron chi connectivity index (χ4n) is 4.00. The Bertz CT molecular complexity index is 404. The number of unbranched alkanes of at least 4 members (excludes halogenated alkanes) is 1. The molecule has 20 heavy (non-hydrogen) atoms. The van der Waals surface area contributed by atoms with Crippen molar-refractivity contribution >= 4 is 0 Å². The number of benzene rings is 1. The third-order valence-electron chi connectivity index (χ3n) is 5.44. The predicted octanol–water partition coefficient (Wildman–Crippen LogP) is 5.71. The molecule has 1 aromatic carbocycles. The second kappa shape index (κ2) is 7.15. The normalized spacial score (nSPS) is 19.7. The fraction of sp³-hybridized carbons (Fsp3) is 0.684. The SMILES string of the molecule is CCCCC1(C(C)Cc2ccccc2O)CCCCC1. The van der Waals surface area contributed by atoms with Crippen molar-refractivity contribution in [3.05, 3.63) is 29.8 Å². The van der Waals surface area contributed by atoms with Crippen LogP contribution in [0.5, 0.6) is 5.75 Å². The van der Waals surface area contributed by atoms with E-state index >= 15 is 0 Å². The third kappa shape index (κ3) is 3.56. The Balaban J connectivity index is 2.09. The molecule has 112 valence electrons. The Morgan fingerprint density at radius 1 is 1.15 bits per heavy atom. The molecule has 0 radical (unpaired) electrons. The lowest BCUT2D eigenvalue weighted by Gasteiger charge is -2.43. The van der Waals surface area contributed by atoms with Gasteiger partial charge in [-0.2, -0.15) is 0 Å². The zero-order valence-corrected chi connectivity index (χ0v) is 13.2. The summed E-state index contributed by atoms with van der Waals surface area (Å²) in [7, 11) is 0. The Labute approximate surface area is 124 Å². The molecule has 1 aliphatic rings. The Kier molecular flexibility index (Phi) is 5.51. The number of phenols is 1. The maximum Gasteiger partial charge on any atom is 0.118 e. The molecule has 1 N–H and O–H groups in total. The van der Waals surface area contributed by atoms with Gasteiger partial charge >= 0.3 is 0 Å². The molecule has 0 bridgehead atoms. The van der Waals surface area contributed by atoms with Gasteiger partial charge in [0.15, 0.2) is 0 Å². The summed E-state index contributed by atoms with van der Waals surface area (Å²) in [5.41, 5.74) is 1.65. The van der Waals surface area contributed by atoms with Crippen molar-refractivity contribution in [2.45, 2.75) is 71.6 Å². The van der Waals surface area contributed by atoms with E-state index in [4.69, 9.17) is 0 Å². The smallest absolute Gasteiger partial charge is 0.118 e. The highest BCUT2D eigenvalue weighted by Crippen LogP contribution is 2.47. The molecule has 2 rings (SSSR count). The van der Waals surface area contributed by atoms with Gasteiger partial charge in [-0.3, -0.25) is 0 Å². The molecule has 0 saturated heterocycles. The summed E-state index contributed by atoms with van der Waals surface area (Å²) in [5.74, 6) is 1.14. The van der Waals surface area contributed by atoms with Crippen molar-refractivity contribution in [2.24, 2.45) is 11.3 Å². The minimum absolute atomic E-state index is 0.473. The molecule has 0 spiro atoms. The molecular formula is C19H30O. The van der Waals surface area contributed by atoms with Crippen LogP contribution in [-0.2, 0) is 6.42 Å². The van der Waals surface area contributed by atoms with Crippen molar-refractivity contribution in [3.8, 4) is 5.75 Å². The predicted molar refractivity (Wildman–Crippen MR) is 86.0 cm³/mol. The van der Waals surface area contributed by atoms with Crippen LogP contribution in [0.2, 0.25) is 0 Å². The highest BCUT2D eigenvalue weighted by Gasteiger charge is 2.36. The highest BCUT2D eigenvalue weighted by molar-refractivity contribution is 5.32. The highest BCUT2D eigenvalue weighted by atomic mass is 16.3. The lowest BCUT2D eigenvalue weighted by Crippen LogP contribution is -2.32.